The molecule has 1 unspecified atom stereocenters. The number of rotatable bonds is 9. The fourth-order valence-electron chi connectivity index (χ4n) is 4.38. The molecule has 3 aromatic rings. The fourth-order valence-corrected chi connectivity index (χ4v) is 5.32. The summed E-state index contributed by atoms with van der Waals surface area (Å²) in [5.74, 6) is -0.895. The zero-order valence-corrected chi connectivity index (χ0v) is 23.2. The molecular weight excluding hydrogens is 523 g/mol. The average molecular weight is 561 g/mol. The first-order chi connectivity index (χ1) is 18.3. The molecule has 0 aliphatic heterocycles. The van der Waals surface area contributed by atoms with Crippen LogP contribution in [0.1, 0.15) is 60.2 Å². The normalized spacial score (nSPS) is 16.7. The Labute approximate surface area is 231 Å². The number of nitrogen functional groups attached to an aromatic ring is 1. The molecule has 0 radical (unpaired) electrons. The molecule has 1 aliphatic carbocycles. The third-order valence-corrected chi connectivity index (χ3v) is 7.75. The Hall–Kier alpha value is -3.73. The fraction of sp³-hybridized carbons (Fsp3) is 0.393. The molecule has 39 heavy (non-hydrogen) atoms. The SMILES string of the molecule is CC(C)COc1cc(F)cc(-c2ccc(C(=O)NS(=O)(=O)c3cccc(N)n3)c(OC3CCCC3(C)C)n2)c1.[HH].[HH]. The monoisotopic (exact) mass is 560 g/mol. The van der Waals surface area contributed by atoms with Gasteiger partial charge < -0.3 is 15.2 Å². The largest absolute Gasteiger partial charge is 0.493 e. The van der Waals surface area contributed by atoms with Gasteiger partial charge >= 0.3 is 0 Å². The molecule has 11 heteroatoms. The van der Waals surface area contributed by atoms with Crippen LogP contribution >= 0.6 is 0 Å². The Bertz CT molecular complexity index is 1490. The van der Waals surface area contributed by atoms with E-state index in [1.807, 2.05) is 18.6 Å². The number of hydrogen-bond acceptors (Lipinski definition) is 8. The number of nitrogens with two attached hydrogens (primary N) is 1. The van der Waals surface area contributed by atoms with E-state index in [9.17, 15) is 17.6 Å². The topological polar surface area (TPSA) is 134 Å². The third kappa shape index (κ3) is 6.83. The molecular formula is C28H37FN4O5S. The van der Waals surface area contributed by atoms with Gasteiger partial charge in [0.05, 0.1) is 12.3 Å². The van der Waals surface area contributed by atoms with Crippen LogP contribution in [0.2, 0.25) is 0 Å². The molecule has 0 spiro atoms. The molecule has 2 heterocycles. The van der Waals surface area contributed by atoms with Gasteiger partial charge in [-0.15, -0.1) is 0 Å². The first-order valence-corrected chi connectivity index (χ1v) is 14.2. The molecule has 1 fully saturated rings. The first kappa shape index (κ1) is 28.3. The van der Waals surface area contributed by atoms with Crippen molar-refractivity contribution in [3.05, 3.63) is 59.9 Å². The van der Waals surface area contributed by atoms with Crippen LogP contribution in [-0.4, -0.2) is 37.0 Å². The zero-order chi connectivity index (χ0) is 28.4. The summed E-state index contributed by atoms with van der Waals surface area (Å²) in [4.78, 5) is 21.6. The molecule has 1 atom stereocenters. The summed E-state index contributed by atoms with van der Waals surface area (Å²) >= 11 is 0. The van der Waals surface area contributed by atoms with Crippen LogP contribution < -0.4 is 19.9 Å². The summed E-state index contributed by atoms with van der Waals surface area (Å²) < 4.78 is 54.1. The van der Waals surface area contributed by atoms with E-state index >= 15 is 0 Å². The Morgan fingerprint density at radius 2 is 1.97 bits per heavy atom. The lowest BCUT2D eigenvalue weighted by Crippen LogP contribution is -2.33. The van der Waals surface area contributed by atoms with E-state index in [0.29, 0.717) is 23.6 Å². The van der Waals surface area contributed by atoms with Crippen LogP contribution in [0.15, 0.2) is 53.6 Å². The summed E-state index contributed by atoms with van der Waals surface area (Å²) in [5.41, 5.74) is 6.11. The van der Waals surface area contributed by atoms with E-state index in [1.54, 1.807) is 6.07 Å². The minimum absolute atomic E-state index is 0. The maximum atomic E-state index is 14.5. The molecule has 1 aliphatic rings. The molecule has 2 aromatic heterocycles. The van der Waals surface area contributed by atoms with Gasteiger partial charge in [0.2, 0.25) is 5.88 Å². The maximum Gasteiger partial charge on any atom is 0.281 e. The highest BCUT2D eigenvalue weighted by molar-refractivity contribution is 7.90. The van der Waals surface area contributed by atoms with Gasteiger partial charge in [-0.1, -0.05) is 33.8 Å². The number of anilines is 1. The number of nitrogens with zero attached hydrogens (tertiary/aromatic N) is 2. The predicted molar refractivity (Wildman–Crippen MR) is 150 cm³/mol. The van der Waals surface area contributed by atoms with Crippen LogP contribution in [-0.2, 0) is 10.0 Å². The Kier molecular flexibility index (Phi) is 8.10. The van der Waals surface area contributed by atoms with Crippen molar-refractivity contribution in [2.45, 2.75) is 58.1 Å². The van der Waals surface area contributed by atoms with Crippen molar-refractivity contribution < 1.29 is 29.9 Å². The minimum atomic E-state index is -4.32. The number of pyridine rings is 2. The minimum Gasteiger partial charge on any atom is -0.493 e. The molecule has 1 saturated carbocycles. The van der Waals surface area contributed by atoms with Crippen molar-refractivity contribution >= 4 is 21.7 Å². The first-order valence-electron chi connectivity index (χ1n) is 12.8. The summed E-state index contributed by atoms with van der Waals surface area (Å²) in [6.07, 6.45) is 2.36. The highest BCUT2D eigenvalue weighted by atomic mass is 32.2. The van der Waals surface area contributed by atoms with Gasteiger partial charge in [-0.3, -0.25) is 4.79 Å². The standard InChI is InChI=1S/C28H33FN4O5S.2H2/c1-17(2)16-37-20-14-18(13-19(29)15-20)22-11-10-21(27(31-22)38-23-7-6-12-28(23,3)4)26(34)33-39(35,36)25-9-5-8-24(30)32-25;;/h5,8-11,13-15,17,23H,6-7,12,16H2,1-4H3,(H2,30,32)(H,33,34);2*1H. The van der Waals surface area contributed by atoms with E-state index in [2.05, 4.69) is 23.8 Å². The zero-order valence-electron chi connectivity index (χ0n) is 22.4. The van der Waals surface area contributed by atoms with Gasteiger partial charge in [0, 0.05) is 19.9 Å². The number of aromatic nitrogens is 2. The highest BCUT2D eigenvalue weighted by Gasteiger charge is 2.37. The molecule has 0 saturated heterocycles. The summed E-state index contributed by atoms with van der Waals surface area (Å²) in [7, 11) is -4.32. The number of amides is 1. The van der Waals surface area contributed by atoms with E-state index in [4.69, 9.17) is 15.2 Å². The van der Waals surface area contributed by atoms with Gasteiger partial charge in [-0.2, -0.15) is 8.42 Å². The van der Waals surface area contributed by atoms with Crippen molar-refractivity contribution in [1.29, 1.82) is 0 Å². The number of hydrogen-bond donors (Lipinski definition) is 2. The third-order valence-electron chi connectivity index (χ3n) is 6.52. The lowest BCUT2D eigenvalue weighted by atomic mass is 9.89. The molecule has 1 amide bonds. The van der Waals surface area contributed by atoms with Crippen LogP contribution in [0.4, 0.5) is 10.2 Å². The summed E-state index contributed by atoms with van der Waals surface area (Å²) in [6.45, 7) is 8.52. The van der Waals surface area contributed by atoms with Crippen molar-refractivity contribution in [3.63, 3.8) is 0 Å². The lowest BCUT2D eigenvalue weighted by Gasteiger charge is -2.28. The second-order valence-corrected chi connectivity index (χ2v) is 12.4. The highest BCUT2D eigenvalue weighted by Crippen LogP contribution is 2.40. The van der Waals surface area contributed by atoms with Crippen molar-refractivity contribution in [3.8, 4) is 22.9 Å². The summed E-state index contributed by atoms with van der Waals surface area (Å²) in [6, 6.07) is 11.3. The van der Waals surface area contributed by atoms with Crippen LogP contribution in [0.3, 0.4) is 0 Å². The smallest absolute Gasteiger partial charge is 0.281 e. The van der Waals surface area contributed by atoms with Gasteiger partial charge in [-0.05, 0) is 61.6 Å². The lowest BCUT2D eigenvalue weighted by molar-refractivity contribution is 0.0898. The van der Waals surface area contributed by atoms with Gasteiger partial charge in [-0.25, -0.2) is 19.1 Å². The molecule has 9 nitrogen and oxygen atoms in total. The second kappa shape index (κ2) is 11.2. The van der Waals surface area contributed by atoms with Crippen LogP contribution in [0, 0.1) is 17.2 Å². The van der Waals surface area contributed by atoms with E-state index in [0.717, 1.165) is 19.3 Å². The van der Waals surface area contributed by atoms with Crippen molar-refractivity contribution in [2.75, 3.05) is 12.3 Å². The molecule has 4 rings (SSSR count). The van der Waals surface area contributed by atoms with Gasteiger partial charge in [0.25, 0.3) is 15.9 Å². The maximum absolute atomic E-state index is 14.5. The molecule has 0 bridgehead atoms. The van der Waals surface area contributed by atoms with Crippen molar-refractivity contribution in [1.82, 2.24) is 14.7 Å². The van der Waals surface area contributed by atoms with Gasteiger partial charge in [0.15, 0.2) is 5.03 Å². The number of carbonyl (C=O) groups excluding carboxylic acids is 1. The average Bonchev–Trinajstić information content (AvgIpc) is 3.19. The number of carbonyl (C=O) groups is 1. The number of nitrogens with one attached hydrogen (secondary N) is 1. The number of sulfonamides is 1. The quantitative estimate of drug-likeness (QED) is 0.352. The van der Waals surface area contributed by atoms with Crippen molar-refractivity contribution in [2.24, 2.45) is 11.3 Å². The Balaban J connectivity index is 0.00000294. The summed E-state index contributed by atoms with van der Waals surface area (Å²) in [5, 5.41) is -0.395. The number of benzene rings is 1. The van der Waals surface area contributed by atoms with E-state index < -0.39 is 26.8 Å². The number of halogens is 1. The Morgan fingerprint density at radius 3 is 2.64 bits per heavy atom. The van der Waals surface area contributed by atoms with E-state index in [1.165, 1.54) is 42.5 Å². The van der Waals surface area contributed by atoms with E-state index in [-0.39, 0.29) is 37.6 Å². The molecule has 212 valence electrons. The predicted octanol–water partition coefficient (Wildman–Crippen LogP) is 5.47. The van der Waals surface area contributed by atoms with Crippen LogP contribution in [0.5, 0.6) is 11.6 Å². The number of ether oxygens (including phenoxy) is 2. The van der Waals surface area contributed by atoms with Gasteiger partial charge in [0.1, 0.15) is 29.1 Å². The van der Waals surface area contributed by atoms with Crippen LogP contribution in [0.25, 0.3) is 11.3 Å². The molecule has 1 aromatic carbocycles. The Morgan fingerprint density at radius 1 is 1.21 bits per heavy atom. The molecule has 3 N–H and O–H groups in total. The second-order valence-electron chi connectivity index (χ2n) is 10.8.